The van der Waals surface area contributed by atoms with Crippen molar-refractivity contribution in [1.82, 2.24) is 0 Å². The Hall–Kier alpha value is -0.860. The van der Waals surface area contributed by atoms with Crippen molar-refractivity contribution in [2.75, 3.05) is 0 Å². The Balaban J connectivity index is 3.15. The fourth-order valence-electron chi connectivity index (χ4n) is 0.905. The molecule has 0 aromatic heterocycles. The molecule has 1 atom stereocenters. The smallest absolute Gasteiger partial charge is 0.142 e. The van der Waals surface area contributed by atoms with Gasteiger partial charge in [-0.2, -0.15) is 0 Å². The van der Waals surface area contributed by atoms with Crippen molar-refractivity contribution in [2.24, 2.45) is 5.73 Å². The largest absolute Gasteiger partial charge is 0.321 e. The van der Waals surface area contributed by atoms with Gasteiger partial charge in [0.25, 0.3) is 0 Å². The Labute approximate surface area is 75.6 Å². The van der Waals surface area contributed by atoms with Crippen LogP contribution in [-0.2, 0) is 0 Å². The lowest BCUT2D eigenvalue weighted by molar-refractivity contribution is 0.624. The average Bonchev–Trinajstić information content (AvgIpc) is 2.08. The third-order valence-electron chi connectivity index (χ3n) is 1.59. The van der Waals surface area contributed by atoms with E-state index in [1.165, 1.54) is 12.1 Å². The highest BCUT2D eigenvalue weighted by molar-refractivity contribution is 6.31. The number of hydrogen-bond acceptors (Lipinski definition) is 1. The average molecular weight is 186 g/mol. The summed E-state index contributed by atoms with van der Waals surface area (Å²) in [5.41, 5.74) is 6.16. The SMILES string of the molecule is C=C[C@H](N)c1cccc(F)c1Cl. The summed E-state index contributed by atoms with van der Waals surface area (Å²) in [5.74, 6) is -0.452. The van der Waals surface area contributed by atoms with E-state index < -0.39 is 11.9 Å². The molecular formula is C9H9ClFN. The van der Waals surface area contributed by atoms with Crippen LogP contribution in [0, 0.1) is 5.82 Å². The van der Waals surface area contributed by atoms with Gasteiger partial charge in [-0.3, -0.25) is 0 Å². The quantitative estimate of drug-likeness (QED) is 0.705. The topological polar surface area (TPSA) is 26.0 Å². The van der Waals surface area contributed by atoms with E-state index in [4.69, 9.17) is 17.3 Å². The monoisotopic (exact) mass is 185 g/mol. The van der Waals surface area contributed by atoms with Crippen molar-refractivity contribution < 1.29 is 4.39 Å². The standard InChI is InChI=1S/C9H9ClFN/c1-2-8(12)6-4-3-5-7(11)9(6)10/h2-5,8H,1,12H2/t8-/m0/s1. The molecule has 1 aromatic rings. The Kier molecular flexibility index (Phi) is 2.84. The first-order valence-electron chi connectivity index (χ1n) is 3.49. The number of rotatable bonds is 2. The number of nitrogens with two attached hydrogens (primary N) is 1. The molecule has 0 saturated heterocycles. The Morgan fingerprint density at radius 1 is 1.58 bits per heavy atom. The molecular weight excluding hydrogens is 177 g/mol. The van der Waals surface area contributed by atoms with Gasteiger partial charge in [0.2, 0.25) is 0 Å². The maximum absolute atomic E-state index is 12.9. The minimum absolute atomic E-state index is 0.0740. The molecule has 3 heteroatoms. The highest BCUT2D eigenvalue weighted by Gasteiger charge is 2.09. The summed E-state index contributed by atoms with van der Waals surface area (Å²) in [7, 11) is 0. The van der Waals surface area contributed by atoms with Crippen molar-refractivity contribution in [1.29, 1.82) is 0 Å². The molecule has 0 fully saturated rings. The van der Waals surface area contributed by atoms with E-state index in [0.29, 0.717) is 5.56 Å². The third-order valence-corrected chi connectivity index (χ3v) is 1.99. The lowest BCUT2D eigenvalue weighted by atomic mass is 10.1. The molecule has 0 bridgehead atoms. The second-order valence-electron chi connectivity index (χ2n) is 2.40. The summed E-state index contributed by atoms with van der Waals surface area (Å²) >= 11 is 5.66. The lowest BCUT2D eigenvalue weighted by Gasteiger charge is -2.08. The van der Waals surface area contributed by atoms with Gasteiger partial charge >= 0.3 is 0 Å². The first-order valence-corrected chi connectivity index (χ1v) is 3.86. The van der Waals surface area contributed by atoms with Gasteiger partial charge in [-0.25, -0.2) is 4.39 Å². The molecule has 0 aliphatic heterocycles. The van der Waals surface area contributed by atoms with E-state index in [1.807, 2.05) is 0 Å². The Morgan fingerprint density at radius 2 is 2.25 bits per heavy atom. The zero-order chi connectivity index (χ0) is 9.14. The van der Waals surface area contributed by atoms with Crippen LogP contribution in [0.1, 0.15) is 11.6 Å². The molecule has 0 saturated carbocycles. The summed E-state index contributed by atoms with van der Waals surface area (Å²) in [6.45, 7) is 3.50. The predicted molar refractivity (Wildman–Crippen MR) is 48.5 cm³/mol. The van der Waals surface area contributed by atoms with Gasteiger partial charge in [-0.1, -0.05) is 29.8 Å². The van der Waals surface area contributed by atoms with Crippen LogP contribution in [0.2, 0.25) is 5.02 Å². The van der Waals surface area contributed by atoms with Gasteiger partial charge in [0.05, 0.1) is 5.02 Å². The second-order valence-corrected chi connectivity index (χ2v) is 2.78. The number of hydrogen-bond donors (Lipinski definition) is 1. The molecule has 0 aliphatic rings. The van der Waals surface area contributed by atoms with Crippen molar-refractivity contribution in [3.05, 3.63) is 47.3 Å². The highest BCUT2D eigenvalue weighted by Crippen LogP contribution is 2.24. The molecule has 2 N–H and O–H groups in total. The van der Waals surface area contributed by atoms with Crippen LogP contribution in [0.25, 0.3) is 0 Å². The fraction of sp³-hybridized carbons (Fsp3) is 0.111. The van der Waals surface area contributed by atoms with E-state index in [-0.39, 0.29) is 5.02 Å². The van der Waals surface area contributed by atoms with Gasteiger partial charge in [-0.05, 0) is 11.6 Å². The molecule has 0 unspecified atom stereocenters. The number of halogens is 2. The highest BCUT2D eigenvalue weighted by atomic mass is 35.5. The summed E-state index contributed by atoms with van der Waals surface area (Å²) in [4.78, 5) is 0. The normalized spacial score (nSPS) is 12.6. The van der Waals surface area contributed by atoms with Gasteiger partial charge in [-0.15, -0.1) is 6.58 Å². The molecule has 1 nitrogen and oxygen atoms in total. The molecule has 0 spiro atoms. The maximum Gasteiger partial charge on any atom is 0.142 e. The van der Waals surface area contributed by atoms with Crippen LogP contribution in [0.4, 0.5) is 4.39 Å². The van der Waals surface area contributed by atoms with Crippen LogP contribution in [0.15, 0.2) is 30.9 Å². The van der Waals surface area contributed by atoms with Crippen LogP contribution in [-0.4, -0.2) is 0 Å². The maximum atomic E-state index is 12.9. The molecule has 0 aliphatic carbocycles. The molecule has 0 heterocycles. The van der Waals surface area contributed by atoms with E-state index in [0.717, 1.165) is 0 Å². The van der Waals surface area contributed by atoms with Crippen LogP contribution < -0.4 is 5.73 Å². The summed E-state index contributed by atoms with van der Waals surface area (Å²) in [6.07, 6.45) is 1.51. The molecule has 0 radical (unpaired) electrons. The van der Waals surface area contributed by atoms with Gasteiger partial charge in [0, 0.05) is 6.04 Å². The fourth-order valence-corrected chi connectivity index (χ4v) is 1.16. The van der Waals surface area contributed by atoms with Gasteiger partial charge < -0.3 is 5.73 Å². The van der Waals surface area contributed by atoms with Crippen molar-refractivity contribution in [2.45, 2.75) is 6.04 Å². The van der Waals surface area contributed by atoms with Crippen molar-refractivity contribution >= 4 is 11.6 Å². The molecule has 12 heavy (non-hydrogen) atoms. The van der Waals surface area contributed by atoms with Crippen LogP contribution in [0.5, 0.6) is 0 Å². The molecule has 64 valence electrons. The zero-order valence-corrected chi connectivity index (χ0v) is 7.18. The Bertz CT molecular complexity index is 299. The first kappa shape index (κ1) is 9.23. The third kappa shape index (κ3) is 1.65. The minimum Gasteiger partial charge on any atom is -0.321 e. The van der Waals surface area contributed by atoms with E-state index in [2.05, 4.69) is 6.58 Å². The van der Waals surface area contributed by atoms with Crippen molar-refractivity contribution in [3.8, 4) is 0 Å². The minimum atomic E-state index is -0.452. The Morgan fingerprint density at radius 3 is 2.83 bits per heavy atom. The molecule has 0 amide bonds. The molecule has 1 rings (SSSR count). The van der Waals surface area contributed by atoms with Gasteiger partial charge in [0.1, 0.15) is 5.82 Å². The second kappa shape index (κ2) is 3.70. The summed E-state index contributed by atoms with van der Waals surface area (Å²) < 4.78 is 12.9. The van der Waals surface area contributed by atoms with Crippen molar-refractivity contribution in [3.63, 3.8) is 0 Å². The summed E-state index contributed by atoms with van der Waals surface area (Å²) in [5, 5.41) is 0.0740. The predicted octanol–water partition coefficient (Wildman–Crippen LogP) is 2.66. The summed E-state index contributed by atoms with van der Waals surface area (Å²) in [6, 6.07) is 4.13. The van der Waals surface area contributed by atoms with E-state index >= 15 is 0 Å². The first-order chi connectivity index (χ1) is 5.66. The zero-order valence-electron chi connectivity index (χ0n) is 6.43. The van der Waals surface area contributed by atoms with E-state index in [1.54, 1.807) is 12.1 Å². The van der Waals surface area contributed by atoms with Gasteiger partial charge in [0.15, 0.2) is 0 Å². The molecule has 1 aromatic carbocycles. The van der Waals surface area contributed by atoms with Crippen LogP contribution >= 0.6 is 11.6 Å². The number of benzene rings is 1. The van der Waals surface area contributed by atoms with Crippen LogP contribution in [0.3, 0.4) is 0 Å². The lowest BCUT2D eigenvalue weighted by Crippen LogP contribution is -2.07. The van der Waals surface area contributed by atoms with E-state index in [9.17, 15) is 4.39 Å².